The number of carbonyl (C=O) groups excluding carboxylic acids is 1. The molecule has 0 bridgehead atoms. The third kappa shape index (κ3) is 3.91. The maximum atomic E-state index is 12.3. The van der Waals surface area contributed by atoms with Crippen LogP contribution in [0.25, 0.3) is 6.08 Å². The number of hydrogen-bond acceptors (Lipinski definition) is 2. The van der Waals surface area contributed by atoms with Crippen molar-refractivity contribution in [1.82, 2.24) is 5.32 Å². The number of nitrogens with one attached hydrogen (secondary N) is 1. The standard InChI is InChI=1S/C21H20N2O/c1-15-12-19(15)21(18-8-3-2-4-9-18)23-20(24)11-10-16-6-5-7-17(13-16)14-22/h2-11,13,15,19,21H,12H2,1H3,(H,23,24)/b11-10+. The number of rotatable bonds is 5. The fraction of sp³-hybridized carbons (Fsp3) is 0.238. The molecule has 3 nitrogen and oxygen atoms in total. The van der Waals surface area contributed by atoms with Crippen molar-refractivity contribution >= 4 is 12.0 Å². The van der Waals surface area contributed by atoms with Gasteiger partial charge in [-0.15, -0.1) is 0 Å². The van der Waals surface area contributed by atoms with Crippen LogP contribution in [0.2, 0.25) is 0 Å². The first-order valence-electron chi connectivity index (χ1n) is 8.21. The fourth-order valence-corrected chi connectivity index (χ4v) is 3.00. The van der Waals surface area contributed by atoms with E-state index in [-0.39, 0.29) is 11.9 Å². The molecule has 3 atom stereocenters. The van der Waals surface area contributed by atoms with Crippen LogP contribution >= 0.6 is 0 Å². The summed E-state index contributed by atoms with van der Waals surface area (Å²) in [6, 6.07) is 19.5. The van der Waals surface area contributed by atoms with E-state index in [4.69, 9.17) is 5.26 Å². The lowest BCUT2D eigenvalue weighted by Crippen LogP contribution is -2.28. The average molecular weight is 316 g/mol. The van der Waals surface area contributed by atoms with Gasteiger partial charge in [-0.2, -0.15) is 5.26 Å². The summed E-state index contributed by atoms with van der Waals surface area (Å²) in [6.45, 7) is 2.22. The number of nitriles is 1. The number of benzene rings is 2. The highest BCUT2D eigenvalue weighted by Crippen LogP contribution is 2.46. The van der Waals surface area contributed by atoms with Gasteiger partial charge in [0.25, 0.3) is 0 Å². The summed E-state index contributed by atoms with van der Waals surface area (Å²) in [6.07, 6.45) is 4.43. The zero-order chi connectivity index (χ0) is 16.9. The van der Waals surface area contributed by atoms with Gasteiger partial charge in [-0.1, -0.05) is 49.4 Å². The van der Waals surface area contributed by atoms with Crippen LogP contribution in [0.15, 0.2) is 60.7 Å². The van der Waals surface area contributed by atoms with Crippen molar-refractivity contribution in [3.8, 4) is 6.07 Å². The van der Waals surface area contributed by atoms with Crippen molar-refractivity contribution in [1.29, 1.82) is 5.26 Å². The van der Waals surface area contributed by atoms with Gasteiger partial charge in [0, 0.05) is 6.08 Å². The van der Waals surface area contributed by atoms with Gasteiger partial charge in [0.15, 0.2) is 0 Å². The third-order valence-electron chi connectivity index (χ3n) is 4.50. The molecule has 1 fully saturated rings. The Kier molecular flexibility index (Phi) is 4.77. The van der Waals surface area contributed by atoms with Crippen LogP contribution in [-0.2, 0) is 4.79 Å². The molecule has 0 aromatic heterocycles. The molecule has 3 rings (SSSR count). The molecule has 1 amide bonds. The Morgan fingerprint density at radius 2 is 2.00 bits per heavy atom. The molecular weight excluding hydrogens is 296 g/mol. The van der Waals surface area contributed by atoms with E-state index in [9.17, 15) is 4.79 Å². The SMILES string of the molecule is CC1CC1C(NC(=O)/C=C/c1cccc(C#N)c1)c1ccccc1. The van der Waals surface area contributed by atoms with Gasteiger partial charge >= 0.3 is 0 Å². The lowest BCUT2D eigenvalue weighted by Gasteiger charge is -2.18. The van der Waals surface area contributed by atoms with E-state index in [0.29, 0.717) is 17.4 Å². The first-order chi connectivity index (χ1) is 11.7. The van der Waals surface area contributed by atoms with E-state index in [2.05, 4.69) is 30.4 Å². The van der Waals surface area contributed by atoms with Crippen molar-refractivity contribution < 1.29 is 4.79 Å². The molecule has 0 radical (unpaired) electrons. The Morgan fingerprint density at radius 1 is 1.25 bits per heavy atom. The number of hydrogen-bond donors (Lipinski definition) is 1. The number of nitrogens with zero attached hydrogens (tertiary/aromatic N) is 1. The molecule has 0 aliphatic heterocycles. The van der Waals surface area contributed by atoms with Gasteiger partial charge in [0.05, 0.1) is 17.7 Å². The molecule has 1 N–H and O–H groups in total. The van der Waals surface area contributed by atoms with Crippen LogP contribution in [0.4, 0.5) is 0 Å². The molecule has 1 aliphatic carbocycles. The van der Waals surface area contributed by atoms with E-state index >= 15 is 0 Å². The Hall–Kier alpha value is -2.86. The number of amides is 1. The van der Waals surface area contributed by atoms with E-state index in [1.165, 1.54) is 0 Å². The summed E-state index contributed by atoms with van der Waals surface area (Å²) >= 11 is 0. The van der Waals surface area contributed by atoms with Gasteiger partial charge in [0.2, 0.25) is 5.91 Å². The Balaban J connectivity index is 1.70. The van der Waals surface area contributed by atoms with Crippen molar-refractivity contribution in [2.24, 2.45) is 11.8 Å². The molecule has 3 heteroatoms. The third-order valence-corrected chi connectivity index (χ3v) is 4.50. The smallest absolute Gasteiger partial charge is 0.244 e. The van der Waals surface area contributed by atoms with Gasteiger partial charge in [0.1, 0.15) is 0 Å². The second-order valence-electron chi connectivity index (χ2n) is 6.34. The lowest BCUT2D eigenvalue weighted by atomic mass is 10.0. The fourth-order valence-electron chi connectivity index (χ4n) is 3.00. The summed E-state index contributed by atoms with van der Waals surface area (Å²) in [5.74, 6) is 1.05. The number of carbonyl (C=O) groups is 1. The van der Waals surface area contributed by atoms with E-state index in [1.54, 1.807) is 24.3 Å². The zero-order valence-corrected chi connectivity index (χ0v) is 13.6. The Bertz CT molecular complexity index is 789. The maximum Gasteiger partial charge on any atom is 0.244 e. The second-order valence-corrected chi connectivity index (χ2v) is 6.34. The molecule has 2 aromatic carbocycles. The Labute approximate surface area is 142 Å². The summed E-state index contributed by atoms with van der Waals surface area (Å²) in [5.41, 5.74) is 2.59. The highest BCUT2D eigenvalue weighted by molar-refractivity contribution is 5.92. The molecule has 3 unspecified atom stereocenters. The summed E-state index contributed by atoms with van der Waals surface area (Å²) in [7, 11) is 0. The minimum Gasteiger partial charge on any atom is -0.345 e. The van der Waals surface area contributed by atoms with Crippen molar-refractivity contribution in [3.05, 3.63) is 77.4 Å². The van der Waals surface area contributed by atoms with Crippen molar-refractivity contribution in [2.45, 2.75) is 19.4 Å². The van der Waals surface area contributed by atoms with E-state index in [0.717, 1.165) is 17.5 Å². The van der Waals surface area contributed by atoms with Gasteiger partial charge in [-0.3, -0.25) is 4.79 Å². The van der Waals surface area contributed by atoms with E-state index in [1.807, 2.05) is 30.3 Å². The van der Waals surface area contributed by atoms with Crippen LogP contribution in [-0.4, -0.2) is 5.91 Å². The maximum absolute atomic E-state index is 12.3. The molecule has 0 heterocycles. The van der Waals surface area contributed by atoms with Crippen molar-refractivity contribution in [3.63, 3.8) is 0 Å². The second kappa shape index (κ2) is 7.14. The molecular formula is C21H20N2O. The molecule has 1 saturated carbocycles. The van der Waals surface area contributed by atoms with Crippen LogP contribution in [0.5, 0.6) is 0 Å². The summed E-state index contributed by atoms with van der Waals surface area (Å²) in [5, 5.41) is 12.1. The normalized spacial score (nSPS) is 20.3. The minimum absolute atomic E-state index is 0.0591. The predicted octanol–water partition coefficient (Wildman–Crippen LogP) is 4.08. The molecule has 0 saturated heterocycles. The summed E-state index contributed by atoms with van der Waals surface area (Å²) < 4.78 is 0. The highest BCUT2D eigenvalue weighted by atomic mass is 16.1. The van der Waals surface area contributed by atoms with Crippen LogP contribution < -0.4 is 5.32 Å². The quantitative estimate of drug-likeness (QED) is 0.845. The van der Waals surface area contributed by atoms with Crippen molar-refractivity contribution in [2.75, 3.05) is 0 Å². The van der Waals surface area contributed by atoms with Crippen LogP contribution in [0, 0.1) is 23.2 Å². The van der Waals surface area contributed by atoms with Crippen LogP contribution in [0.1, 0.15) is 36.1 Å². The first kappa shape index (κ1) is 16.0. The average Bonchev–Trinajstić information content (AvgIpc) is 3.35. The van der Waals surface area contributed by atoms with E-state index < -0.39 is 0 Å². The predicted molar refractivity (Wildman–Crippen MR) is 94.8 cm³/mol. The zero-order valence-electron chi connectivity index (χ0n) is 13.6. The minimum atomic E-state index is -0.106. The Morgan fingerprint density at radius 3 is 2.67 bits per heavy atom. The van der Waals surface area contributed by atoms with Gasteiger partial charge < -0.3 is 5.32 Å². The topological polar surface area (TPSA) is 52.9 Å². The largest absolute Gasteiger partial charge is 0.345 e. The monoisotopic (exact) mass is 316 g/mol. The lowest BCUT2D eigenvalue weighted by molar-refractivity contribution is -0.117. The van der Waals surface area contributed by atoms with Gasteiger partial charge in [-0.25, -0.2) is 0 Å². The summed E-state index contributed by atoms with van der Waals surface area (Å²) in [4.78, 5) is 12.3. The molecule has 120 valence electrons. The molecule has 24 heavy (non-hydrogen) atoms. The highest BCUT2D eigenvalue weighted by Gasteiger charge is 2.40. The van der Waals surface area contributed by atoms with Gasteiger partial charge in [-0.05, 0) is 47.6 Å². The molecule has 2 aromatic rings. The molecule has 1 aliphatic rings. The first-order valence-corrected chi connectivity index (χ1v) is 8.21. The molecule has 0 spiro atoms. The van der Waals surface area contributed by atoms with Crippen LogP contribution in [0.3, 0.4) is 0 Å².